The third-order valence-electron chi connectivity index (χ3n) is 6.05. The van der Waals surface area contributed by atoms with Crippen molar-refractivity contribution in [3.63, 3.8) is 0 Å². The Bertz CT molecular complexity index is 1060. The Morgan fingerprint density at radius 3 is 2.38 bits per heavy atom. The molecule has 1 atom stereocenters. The minimum atomic E-state index is -0.685. The minimum absolute atomic E-state index is 0.0452. The van der Waals surface area contributed by atoms with E-state index in [2.05, 4.69) is 53.4 Å². The highest BCUT2D eigenvalue weighted by Crippen LogP contribution is 2.39. The Morgan fingerprint density at radius 2 is 1.59 bits per heavy atom. The lowest BCUT2D eigenvalue weighted by Crippen LogP contribution is -2.39. The Kier molecular flexibility index (Phi) is 4.60. The summed E-state index contributed by atoms with van der Waals surface area (Å²) in [5.74, 6) is 0.611. The maximum absolute atomic E-state index is 11.4. The molecular formula is C24H23NO4. The molecule has 3 aromatic carbocycles. The van der Waals surface area contributed by atoms with Crippen molar-refractivity contribution in [2.75, 3.05) is 19.9 Å². The van der Waals surface area contributed by atoms with Gasteiger partial charge in [0.05, 0.1) is 12.0 Å². The van der Waals surface area contributed by atoms with Crippen LogP contribution < -0.4 is 9.47 Å². The molecule has 5 rings (SSSR count). The zero-order valence-corrected chi connectivity index (χ0v) is 16.1. The van der Waals surface area contributed by atoms with E-state index in [1.807, 2.05) is 12.1 Å². The summed E-state index contributed by atoms with van der Waals surface area (Å²) in [6, 6.07) is 21.1. The van der Waals surface area contributed by atoms with Crippen LogP contribution >= 0.6 is 0 Å². The topological polar surface area (TPSA) is 59.0 Å². The van der Waals surface area contributed by atoms with Gasteiger partial charge in [-0.1, -0.05) is 42.5 Å². The number of likely N-dealkylation sites (tertiary alicyclic amines) is 1. The molecule has 5 heteroatoms. The van der Waals surface area contributed by atoms with E-state index in [9.17, 15) is 9.90 Å². The molecule has 1 N–H and O–H groups in total. The van der Waals surface area contributed by atoms with Gasteiger partial charge in [-0.05, 0) is 66.0 Å². The minimum Gasteiger partial charge on any atom is -0.481 e. The highest BCUT2D eigenvalue weighted by Gasteiger charge is 2.31. The van der Waals surface area contributed by atoms with Gasteiger partial charge in [0.1, 0.15) is 0 Å². The number of carboxylic acids is 1. The van der Waals surface area contributed by atoms with Gasteiger partial charge in [-0.2, -0.15) is 0 Å². The van der Waals surface area contributed by atoms with E-state index in [1.54, 1.807) is 0 Å². The van der Waals surface area contributed by atoms with Crippen LogP contribution in [0, 0.1) is 5.92 Å². The van der Waals surface area contributed by atoms with Gasteiger partial charge in [-0.25, -0.2) is 0 Å². The third-order valence-corrected chi connectivity index (χ3v) is 6.05. The lowest BCUT2D eigenvalue weighted by atomic mass is 9.90. The summed E-state index contributed by atoms with van der Waals surface area (Å²) < 4.78 is 11.1. The van der Waals surface area contributed by atoms with E-state index in [-0.39, 0.29) is 18.8 Å². The van der Waals surface area contributed by atoms with Crippen molar-refractivity contribution in [3.8, 4) is 11.5 Å². The van der Waals surface area contributed by atoms with Crippen molar-refractivity contribution in [1.29, 1.82) is 0 Å². The van der Waals surface area contributed by atoms with E-state index < -0.39 is 5.97 Å². The summed E-state index contributed by atoms with van der Waals surface area (Å²) in [4.78, 5) is 13.8. The van der Waals surface area contributed by atoms with E-state index in [1.165, 1.54) is 16.3 Å². The summed E-state index contributed by atoms with van der Waals surface area (Å²) >= 11 is 0. The molecule has 1 fully saturated rings. The molecule has 0 radical (unpaired) electrons. The molecule has 2 aliphatic rings. The second-order valence-corrected chi connectivity index (χ2v) is 7.77. The predicted octanol–water partition coefficient (Wildman–Crippen LogP) is 4.45. The molecule has 148 valence electrons. The van der Waals surface area contributed by atoms with Gasteiger partial charge >= 0.3 is 5.97 Å². The molecule has 0 saturated carbocycles. The number of aliphatic carboxylic acids is 1. The first kappa shape index (κ1) is 18.0. The smallest absolute Gasteiger partial charge is 0.306 e. The monoisotopic (exact) mass is 389 g/mol. The Balaban J connectivity index is 1.54. The van der Waals surface area contributed by atoms with Crippen LogP contribution in [-0.2, 0) is 4.79 Å². The Labute approximate surface area is 169 Å². The van der Waals surface area contributed by atoms with Crippen LogP contribution in [0.4, 0.5) is 0 Å². The number of fused-ring (bicyclic) bond motifs is 2. The van der Waals surface area contributed by atoms with Crippen LogP contribution in [0.15, 0.2) is 60.7 Å². The average molecular weight is 389 g/mol. The van der Waals surface area contributed by atoms with Gasteiger partial charge < -0.3 is 14.6 Å². The van der Waals surface area contributed by atoms with E-state index in [0.717, 1.165) is 30.2 Å². The first-order valence-electron chi connectivity index (χ1n) is 10.0. The Hall–Kier alpha value is -3.05. The number of benzene rings is 3. The highest BCUT2D eigenvalue weighted by atomic mass is 16.7. The number of nitrogens with zero attached hydrogens (tertiary/aromatic N) is 1. The van der Waals surface area contributed by atoms with Gasteiger partial charge in [0.25, 0.3) is 0 Å². The van der Waals surface area contributed by atoms with Gasteiger partial charge in [-0.3, -0.25) is 9.69 Å². The molecule has 29 heavy (non-hydrogen) atoms. The summed E-state index contributed by atoms with van der Waals surface area (Å²) in [6.07, 6.45) is 1.34. The fraction of sp³-hybridized carbons (Fsp3) is 0.292. The normalized spacial score (nSPS) is 18.1. The van der Waals surface area contributed by atoms with Crippen LogP contribution in [0.5, 0.6) is 11.5 Å². The molecule has 2 aliphatic heterocycles. The number of hydrogen-bond donors (Lipinski definition) is 1. The van der Waals surface area contributed by atoms with Crippen molar-refractivity contribution in [3.05, 3.63) is 71.8 Å². The highest BCUT2D eigenvalue weighted by molar-refractivity contribution is 5.83. The van der Waals surface area contributed by atoms with E-state index in [0.29, 0.717) is 12.8 Å². The van der Waals surface area contributed by atoms with Crippen molar-refractivity contribution < 1.29 is 19.4 Å². The largest absolute Gasteiger partial charge is 0.481 e. The molecule has 2 heterocycles. The van der Waals surface area contributed by atoms with Crippen molar-refractivity contribution in [2.45, 2.75) is 18.9 Å². The molecule has 0 bridgehead atoms. The number of carboxylic acid groups (broad SMARTS) is 1. The summed E-state index contributed by atoms with van der Waals surface area (Å²) in [5.41, 5.74) is 2.34. The van der Waals surface area contributed by atoms with Gasteiger partial charge in [-0.15, -0.1) is 0 Å². The number of hydrogen-bond acceptors (Lipinski definition) is 4. The lowest BCUT2D eigenvalue weighted by molar-refractivity contribution is -0.143. The van der Waals surface area contributed by atoms with Crippen molar-refractivity contribution in [1.82, 2.24) is 4.90 Å². The third kappa shape index (κ3) is 3.42. The predicted molar refractivity (Wildman–Crippen MR) is 110 cm³/mol. The summed E-state index contributed by atoms with van der Waals surface area (Å²) in [5, 5.41) is 11.8. The molecule has 5 nitrogen and oxygen atoms in total. The summed E-state index contributed by atoms with van der Waals surface area (Å²) in [7, 11) is 0. The molecule has 1 unspecified atom stereocenters. The van der Waals surface area contributed by atoms with Crippen LogP contribution in [0.3, 0.4) is 0 Å². The number of ether oxygens (including phenoxy) is 2. The second kappa shape index (κ2) is 7.41. The fourth-order valence-corrected chi connectivity index (χ4v) is 4.48. The molecule has 0 amide bonds. The zero-order chi connectivity index (χ0) is 19.8. The van der Waals surface area contributed by atoms with Crippen LogP contribution in [0.1, 0.15) is 30.0 Å². The molecule has 0 aliphatic carbocycles. The van der Waals surface area contributed by atoms with Crippen LogP contribution in [0.2, 0.25) is 0 Å². The number of carbonyl (C=O) groups is 1. The van der Waals surface area contributed by atoms with Crippen LogP contribution in [0.25, 0.3) is 10.8 Å². The summed E-state index contributed by atoms with van der Waals surface area (Å²) in [6.45, 7) is 1.76. The molecule has 0 aromatic heterocycles. The quantitative estimate of drug-likeness (QED) is 0.714. The molecule has 0 spiro atoms. The number of piperidine rings is 1. The van der Waals surface area contributed by atoms with E-state index in [4.69, 9.17) is 9.47 Å². The molecule has 1 saturated heterocycles. The van der Waals surface area contributed by atoms with Gasteiger partial charge in [0.2, 0.25) is 6.79 Å². The zero-order valence-electron chi connectivity index (χ0n) is 16.1. The first-order valence-corrected chi connectivity index (χ1v) is 10.0. The first-order chi connectivity index (χ1) is 14.2. The standard InChI is InChI=1S/C24H23NO4/c26-24(27)17-9-11-25(12-10-17)23(20-7-8-21-22(14-20)29-15-28-21)19-6-5-16-3-1-2-4-18(16)13-19/h1-8,13-14,17,23H,9-12,15H2,(H,26,27). The molecule has 3 aromatic rings. The van der Waals surface area contributed by atoms with Crippen LogP contribution in [-0.4, -0.2) is 35.9 Å². The lowest BCUT2D eigenvalue weighted by Gasteiger charge is -2.37. The maximum Gasteiger partial charge on any atom is 0.306 e. The van der Waals surface area contributed by atoms with E-state index >= 15 is 0 Å². The maximum atomic E-state index is 11.4. The molecular weight excluding hydrogens is 366 g/mol. The average Bonchev–Trinajstić information content (AvgIpc) is 3.22. The second-order valence-electron chi connectivity index (χ2n) is 7.77. The van der Waals surface area contributed by atoms with Crippen molar-refractivity contribution in [2.24, 2.45) is 5.92 Å². The SMILES string of the molecule is O=C(O)C1CCN(C(c2ccc3c(c2)OCO3)c2ccc3ccccc3c2)CC1. The Morgan fingerprint density at radius 1 is 0.897 bits per heavy atom. The van der Waals surface area contributed by atoms with Crippen molar-refractivity contribution >= 4 is 16.7 Å². The fourth-order valence-electron chi connectivity index (χ4n) is 4.48. The van der Waals surface area contributed by atoms with Gasteiger partial charge in [0.15, 0.2) is 11.5 Å². The van der Waals surface area contributed by atoms with Gasteiger partial charge in [0, 0.05) is 0 Å². The number of rotatable bonds is 4.